The van der Waals surface area contributed by atoms with Gasteiger partial charge in [-0.3, -0.25) is 0 Å². The van der Waals surface area contributed by atoms with Crippen molar-refractivity contribution in [2.45, 2.75) is 31.5 Å². The topological polar surface area (TPSA) is 55.6 Å². The summed E-state index contributed by atoms with van der Waals surface area (Å²) in [4.78, 5) is 0. The molecule has 0 fully saturated rings. The number of benzene rings is 1. The van der Waals surface area contributed by atoms with Crippen molar-refractivity contribution in [3.8, 4) is 5.69 Å². The standard InChI is InChI=1S/C13H19N5S/c1-3-11(2)14-9-10-19-13-15-16-17-18(13)12-7-5-4-6-8-12/h4-8,11,14H,3,9-10H2,1-2H3. The van der Waals surface area contributed by atoms with Crippen molar-refractivity contribution in [2.24, 2.45) is 0 Å². The van der Waals surface area contributed by atoms with Crippen molar-refractivity contribution in [1.29, 1.82) is 0 Å². The average Bonchev–Trinajstić information content (AvgIpc) is 2.92. The average molecular weight is 277 g/mol. The van der Waals surface area contributed by atoms with Gasteiger partial charge in [-0.2, -0.15) is 4.68 Å². The van der Waals surface area contributed by atoms with Gasteiger partial charge in [0.25, 0.3) is 0 Å². The lowest BCUT2D eigenvalue weighted by Gasteiger charge is -2.10. The molecule has 0 amide bonds. The molecule has 0 spiro atoms. The van der Waals surface area contributed by atoms with Crippen LogP contribution in [0.3, 0.4) is 0 Å². The van der Waals surface area contributed by atoms with E-state index in [-0.39, 0.29) is 0 Å². The van der Waals surface area contributed by atoms with Crippen LogP contribution in [0.1, 0.15) is 20.3 Å². The Kier molecular flexibility index (Phi) is 5.35. The van der Waals surface area contributed by atoms with Crippen LogP contribution in [-0.4, -0.2) is 38.5 Å². The lowest BCUT2D eigenvalue weighted by Crippen LogP contribution is -2.27. The second-order valence-electron chi connectivity index (χ2n) is 4.32. The molecule has 102 valence electrons. The monoisotopic (exact) mass is 277 g/mol. The van der Waals surface area contributed by atoms with Gasteiger partial charge in [0.2, 0.25) is 5.16 Å². The van der Waals surface area contributed by atoms with Crippen molar-refractivity contribution in [3.05, 3.63) is 30.3 Å². The molecule has 0 bridgehead atoms. The van der Waals surface area contributed by atoms with Gasteiger partial charge in [-0.15, -0.1) is 5.10 Å². The van der Waals surface area contributed by atoms with Gasteiger partial charge in [0.15, 0.2) is 0 Å². The normalized spacial score (nSPS) is 12.5. The number of nitrogens with one attached hydrogen (secondary N) is 1. The Labute approximate surface area is 117 Å². The predicted octanol–water partition coefficient (Wildman–Crippen LogP) is 2.14. The highest BCUT2D eigenvalue weighted by molar-refractivity contribution is 7.99. The highest BCUT2D eigenvalue weighted by Gasteiger charge is 2.08. The SMILES string of the molecule is CCC(C)NCCSc1nnnn1-c1ccccc1. The Balaban J connectivity index is 1.90. The third kappa shape index (κ3) is 4.04. The fourth-order valence-corrected chi connectivity index (χ4v) is 2.35. The Morgan fingerprint density at radius 1 is 1.32 bits per heavy atom. The second-order valence-corrected chi connectivity index (χ2v) is 5.38. The molecule has 1 unspecified atom stereocenters. The van der Waals surface area contributed by atoms with E-state index in [1.807, 2.05) is 30.3 Å². The highest BCUT2D eigenvalue weighted by Crippen LogP contribution is 2.17. The predicted molar refractivity (Wildman–Crippen MR) is 77.6 cm³/mol. The highest BCUT2D eigenvalue weighted by atomic mass is 32.2. The summed E-state index contributed by atoms with van der Waals surface area (Å²) in [5.41, 5.74) is 0.991. The van der Waals surface area contributed by atoms with Crippen LogP contribution in [0.5, 0.6) is 0 Å². The molecule has 1 aromatic heterocycles. The van der Waals surface area contributed by atoms with Gasteiger partial charge in [0, 0.05) is 18.3 Å². The number of para-hydroxylation sites is 1. The van der Waals surface area contributed by atoms with Crippen LogP contribution >= 0.6 is 11.8 Å². The van der Waals surface area contributed by atoms with E-state index in [0.717, 1.165) is 29.6 Å². The number of aromatic nitrogens is 4. The first-order chi connectivity index (χ1) is 9.31. The van der Waals surface area contributed by atoms with Crippen molar-refractivity contribution >= 4 is 11.8 Å². The molecule has 1 aromatic carbocycles. The Morgan fingerprint density at radius 3 is 2.84 bits per heavy atom. The van der Waals surface area contributed by atoms with Crippen LogP contribution in [0.2, 0.25) is 0 Å². The van der Waals surface area contributed by atoms with Crippen LogP contribution in [0.4, 0.5) is 0 Å². The number of tetrazole rings is 1. The van der Waals surface area contributed by atoms with Gasteiger partial charge in [0.1, 0.15) is 0 Å². The Bertz CT molecular complexity index is 485. The van der Waals surface area contributed by atoms with Crippen LogP contribution < -0.4 is 5.32 Å². The lowest BCUT2D eigenvalue weighted by atomic mass is 10.3. The Morgan fingerprint density at radius 2 is 2.11 bits per heavy atom. The summed E-state index contributed by atoms with van der Waals surface area (Å²) < 4.78 is 1.77. The van der Waals surface area contributed by atoms with Crippen molar-refractivity contribution < 1.29 is 0 Å². The zero-order valence-electron chi connectivity index (χ0n) is 11.3. The minimum absolute atomic E-state index is 0.561. The van der Waals surface area contributed by atoms with E-state index in [1.165, 1.54) is 0 Å². The smallest absolute Gasteiger partial charge is 0.214 e. The number of hydrogen-bond acceptors (Lipinski definition) is 5. The largest absolute Gasteiger partial charge is 0.313 e. The first-order valence-electron chi connectivity index (χ1n) is 6.51. The first kappa shape index (κ1) is 14.0. The molecule has 0 saturated carbocycles. The van der Waals surface area contributed by atoms with E-state index in [1.54, 1.807) is 16.4 Å². The van der Waals surface area contributed by atoms with E-state index in [9.17, 15) is 0 Å². The third-order valence-corrected chi connectivity index (χ3v) is 3.80. The molecule has 1 atom stereocenters. The van der Waals surface area contributed by atoms with E-state index in [2.05, 4.69) is 34.7 Å². The molecular weight excluding hydrogens is 258 g/mol. The molecule has 0 radical (unpaired) electrons. The van der Waals surface area contributed by atoms with E-state index in [0.29, 0.717) is 6.04 Å². The maximum atomic E-state index is 4.07. The zero-order chi connectivity index (χ0) is 13.5. The minimum Gasteiger partial charge on any atom is -0.313 e. The van der Waals surface area contributed by atoms with E-state index in [4.69, 9.17) is 0 Å². The van der Waals surface area contributed by atoms with Crippen molar-refractivity contribution in [1.82, 2.24) is 25.5 Å². The summed E-state index contributed by atoms with van der Waals surface area (Å²) in [7, 11) is 0. The van der Waals surface area contributed by atoms with Gasteiger partial charge < -0.3 is 5.32 Å². The molecule has 19 heavy (non-hydrogen) atoms. The molecular formula is C13H19N5S. The zero-order valence-corrected chi connectivity index (χ0v) is 12.1. The summed E-state index contributed by atoms with van der Waals surface area (Å²) in [6.45, 7) is 5.33. The molecule has 1 heterocycles. The third-order valence-electron chi connectivity index (χ3n) is 2.88. The second kappa shape index (κ2) is 7.25. The summed E-state index contributed by atoms with van der Waals surface area (Å²) in [6.07, 6.45) is 1.15. The summed E-state index contributed by atoms with van der Waals surface area (Å²) >= 11 is 1.67. The molecule has 2 aromatic rings. The number of nitrogens with zero attached hydrogens (tertiary/aromatic N) is 4. The number of thioether (sulfide) groups is 1. The van der Waals surface area contributed by atoms with Crippen LogP contribution in [0.25, 0.3) is 5.69 Å². The number of hydrogen-bond donors (Lipinski definition) is 1. The van der Waals surface area contributed by atoms with Gasteiger partial charge >= 0.3 is 0 Å². The maximum Gasteiger partial charge on any atom is 0.214 e. The van der Waals surface area contributed by atoms with E-state index >= 15 is 0 Å². The fourth-order valence-electron chi connectivity index (χ4n) is 1.59. The molecule has 5 nitrogen and oxygen atoms in total. The molecule has 0 aliphatic heterocycles. The van der Waals surface area contributed by atoms with E-state index < -0.39 is 0 Å². The van der Waals surface area contributed by atoms with Gasteiger partial charge in [0.05, 0.1) is 5.69 Å². The van der Waals surface area contributed by atoms with Gasteiger partial charge in [-0.1, -0.05) is 36.9 Å². The summed E-state index contributed by atoms with van der Waals surface area (Å²) in [6, 6.07) is 10.5. The van der Waals surface area contributed by atoms with Gasteiger partial charge in [-0.25, -0.2) is 0 Å². The molecule has 6 heteroatoms. The molecule has 1 N–H and O–H groups in total. The molecule has 0 aliphatic rings. The quantitative estimate of drug-likeness (QED) is 0.621. The Hall–Kier alpha value is -1.40. The molecule has 0 saturated heterocycles. The van der Waals surface area contributed by atoms with Crippen LogP contribution in [-0.2, 0) is 0 Å². The van der Waals surface area contributed by atoms with Gasteiger partial charge in [-0.05, 0) is 35.9 Å². The maximum absolute atomic E-state index is 4.07. The van der Waals surface area contributed by atoms with Crippen molar-refractivity contribution in [3.63, 3.8) is 0 Å². The lowest BCUT2D eigenvalue weighted by molar-refractivity contribution is 0.555. The van der Waals surface area contributed by atoms with Crippen LogP contribution in [0.15, 0.2) is 35.5 Å². The van der Waals surface area contributed by atoms with Crippen LogP contribution in [0, 0.1) is 0 Å². The summed E-state index contributed by atoms with van der Waals surface area (Å²) in [5.74, 6) is 0.956. The number of rotatable bonds is 7. The molecule has 0 aliphatic carbocycles. The fraction of sp³-hybridized carbons (Fsp3) is 0.462. The minimum atomic E-state index is 0.561. The van der Waals surface area contributed by atoms with Crippen molar-refractivity contribution in [2.75, 3.05) is 12.3 Å². The summed E-state index contributed by atoms with van der Waals surface area (Å²) in [5, 5.41) is 16.1. The first-order valence-corrected chi connectivity index (χ1v) is 7.49. The molecule has 2 rings (SSSR count).